The molecule has 0 aromatic heterocycles. The number of benzene rings is 2. The van der Waals surface area contributed by atoms with E-state index >= 15 is 0 Å². The Balaban J connectivity index is 2.62. The van der Waals surface area contributed by atoms with Gasteiger partial charge in [0.2, 0.25) is 0 Å². The Bertz CT molecular complexity index is 727. The van der Waals surface area contributed by atoms with Crippen molar-refractivity contribution in [2.45, 2.75) is 17.7 Å². The van der Waals surface area contributed by atoms with Gasteiger partial charge in [-0.05, 0) is 40.3 Å². The maximum absolute atomic E-state index is 14.1. The summed E-state index contributed by atoms with van der Waals surface area (Å²) >= 11 is 1.61. The van der Waals surface area contributed by atoms with Crippen LogP contribution in [0.2, 0.25) is 0 Å². The van der Waals surface area contributed by atoms with Gasteiger partial charge >= 0.3 is 12.1 Å². The summed E-state index contributed by atoms with van der Waals surface area (Å²) in [5.41, 5.74) is -3.65. The van der Waals surface area contributed by atoms with Gasteiger partial charge in [0.15, 0.2) is 5.60 Å². The smallest absolute Gasteiger partial charge is 0.375 e. The molecular formula is C17H12F5IO. The molecule has 128 valence electrons. The van der Waals surface area contributed by atoms with Crippen LogP contribution in [0.1, 0.15) is 11.1 Å². The summed E-state index contributed by atoms with van der Waals surface area (Å²) in [7, 11) is 0. The first kappa shape index (κ1) is 18.9. The van der Waals surface area contributed by atoms with Crippen molar-refractivity contribution in [3.63, 3.8) is 0 Å². The van der Waals surface area contributed by atoms with Crippen LogP contribution in [0.3, 0.4) is 0 Å². The summed E-state index contributed by atoms with van der Waals surface area (Å²) in [5.74, 6) is -5.37. The molecule has 1 nitrogen and oxygen atoms in total. The van der Waals surface area contributed by atoms with Crippen molar-refractivity contribution in [3.05, 3.63) is 75.4 Å². The number of hydrogen-bond donors (Lipinski definition) is 1. The van der Waals surface area contributed by atoms with Gasteiger partial charge in [0, 0.05) is 9.13 Å². The van der Waals surface area contributed by atoms with Crippen LogP contribution in [0.15, 0.2) is 60.7 Å². The lowest BCUT2D eigenvalue weighted by Crippen LogP contribution is -2.54. The average molecular weight is 454 g/mol. The largest absolute Gasteiger partial charge is 0.457 e. The number of rotatable bonds is 4. The van der Waals surface area contributed by atoms with Crippen molar-refractivity contribution in [1.29, 1.82) is 0 Å². The quantitative estimate of drug-likeness (QED) is 0.486. The molecule has 0 radical (unpaired) electrons. The SMILES string of the molecule is OC(/C=C/c1ccccc1)(c1ccccc1I)C(F)(F)C(F)(F)F. The van der Waals surface area contributed by atoms with Crippen molar-refractivity contribution in [1.82, 2.24) is 0 Å². The maximum Gasteiger partial charge on any atom is 0.457 e. The highest BCUT2D eigenvalue weighted by Gasteiger charge is 2.70. The first-order chi connectivity index (χ1) is 11.1. The predicted molar refractivity (Wildman–Crippen MR) is 89.5 cm³/mol. The third kappa shape index (κ3) is 3.46. The molecule has 0 saturated carbocycles. The van der Waals surface area contributed by atoms with Crippen LogP contribution in [0.4, 0.5) is 22.0 Å². The van der Waals surface area contributed by atoms with E-state index in [4.69, 9.17) is 0 Å². The highest BCUT2D eigenvalue weighted by Crippen LogP contribution is 2.50. The third-order valence-corrected chi connectivity index (χ3v) is 4.38. The third-order valence-electron chi connectivity index (χ3n) is 3.44. The van der Waals surface area contributed by atoms with Crippen molar-refractivity contribution in [3.8, 4) is 0 Å². The van der Waals surface area contributed by atoms with Crippen LogP contribution < -0.4 is 0 Å². The fourth-order valence-corrected chi connectivity index (χ4v) is 2.93. The Morgan fingerprint density at radius 1 is 0.833 bits per heavy atom. The summed E-state index contributed by atoms with van der Waals surface area (Å²) in [5, 5.41) is 10.4. The molecular weight excluding hydrogens is 442 g/mol. The lowest BCUT2D eigenvalue weighted by Gasteiger charge is -2.35. The minimum atomic E-state index is -5.91. The molecule has 0 saturated heterocycles. The van der Waals surface area contributed by atoms with Gasteiger partial charge in [0.05, 0.1) is 0 Å². The van der Waals surface area contributed by atoms with Crippen LogP contribution in [0, 0.1) is 3.57 Å². The van der Waals surface area contributed by atoms with E-state index in [0.29, 0.717) is 11.6 Å². The molecule has 2 aromatic carbocycles. The summed E-state index contributed by atoms with van der Waals surface area (Å²) in [6.45, 7) is 0. The zero-order valence-electron chi connectivity index (χ0n) is 12.1. The zero-order valence-corrected chi connectivity index (χ0v) is 14.2. The molecule has 0 fully saturated rings. The molecule has 1 unspecified atom stereocenters. The predicted octanol–water partition coefficient (Wildman–Crippen LogP) is 5.39. The van der Waals surface area contributed by atoms with E-state index in [1.807, 2.05) is 0 Å². The molecule has 0 aliphatic rings. The highest BCUT2D eigenvalue weighted by molar-refractivity contribution is 14.1. The molecule has 0 aliphatic heterocycles. The van der Waals surface area contributed by atoms with E-state index in [1.54, 1.807) is 40.8 Å². The van der Waals surface area contributed by atoms with Crippen LogP contribution in [0.5, 0.6) is 0 Å². The van der Waals surface area contributed by atoms with Gasteiger partial charge < -0.3 is 5.11 Å². The fourth-order valence-electron chi connectivity index (χ4n) is 2.13. The molecule has 0 heterocycles. The van der Waals surface area contributed by atoms with Gasteiger partial charge in [0.1, 0.15) is 0 Å². The molecule has 0 amide bonds. The lowest BCUT2D eigenvalue weighted by atomic mass is 9.85. The van der Waals surface area contributed by atoms with E-state index in [9.17, 15) is 27.1 Å². The highest BCUT2D eigenvalue weighted by atomic mass is 127. The second kappa shape index (κ2) is 6.79. The van der Waals surface area contributed by atoms with E-state index in [0.717, 1.165) is 12.1 Å². The molecule has 0 aliphatic carbocycles. The van der Waals surface area contributed by atoms with Gasteiger partial charge in [-0.25, -0.2) is 0 Å². The molecule has 0 bridgehead atoms. The lowest BCUT2D eigenvalue weighted by molar-refractivity contribution is -0.334. The summed E-state index contributed by atoms with van der Waals surface area (Å²) in [6, 6.07) is 13.1. The average Bonchev–Trinajstić information content (AvgIpc) is 2.53. The Kier molecular flexibility index (Phi) is 5.34. The normalized spacial score (nSPS) is 15.5. The second-order valence-electron chi connectivity index (χ2n) is 5.06. The summed E-state index contributed by atoms with van der Waals surface area (Å²) in [6.07, 6.45) is -4.38. The topological polar surface area (TPSA) is 20.2 Å². The summed E-state index contributed by atoms with van der Waals surface area (Å²) in [4.78, 5) is 0. The van der Waals surface area contributed by atoms with E-state index in [1.165, 1.54) is 30.3 Å². The first-order valence-corrected chi connectivity index (χ1v) is 7.83. The van der Waals surface area contributed by atoms with Crippen LogP contribution in [-0.2, 0) is 5.60 Å². The molecule has 0 spiro atoms. The van der Waals surface area contributed by atoms with E-state index in [2.05, 4.69) is 0 Å². The molecule has 2 rings (SSSR count). The van der Waals surface area contributed by atoms with E-state index < -0.39 is 23.3 Å². The molecule has 2 aromatic rings. The van der Waals surface area contributed by atoms with Crippen molar-refractivity contribution in [2.24, 2.45) is 0 Å². The van der Waals surface area contributed by atoms with Gasteiger partial charge in [-0.3, -0.25) is 0 Å². The van der Waals surface area contributed by atoms with Crippen LogP contribution >= 0.6 is 22.6 Å². The number of halogens is 6. The monoisotopic (exact) mass is 454 g/mol. The van der Waals surface area contributed by atoms with Gasteiger partial charge in [-0.15, -0.1) is 0 Å². The maximum atomic E-state index is 14.1. The number of hydrogen-bond acceptors (Lipinski definition) is 1. The van der Waals surface area contributed by atoms with Crippen molar-refractivity contribution < 1.29 is 27.1 Å². The number of aliphatic hydroxyl groups is 1. The van der Waals surface area contributed by atoms with Crippen molar-refractivity contribution in [2.75, 3.05) is 0 Å². The van der Waals surface area contributed by atoms with Gasteiger partial charge in [0.25, 0.3) is 0 Å². The Morgan fingerprint density at radius 3 is 1.92 bits per heavy atom. The molecule has 24 heavy (non-hydrogen) atoms. The second-order valence-corrected chi connectivity index (χ2v) is 6.22. The van der Waals surface area contributed by atoms with Crippen LogP contribution in [-0.4, -0.2) is 17.2 Å². The van der Waals surface area contributed by atoms with Gasteiger partial charge in [-0.1, -0.05) is 54.6 Å². The Morgan fingerprint density at radius 2 is 1.38 bits per heavy atom. The first-order valence-electron chi connectivity index (χ1n) is 6.76. The Labute approximate surface area is 149 Å². The minimum absolute atomic E-state index is 0.0965. The molecule has 7 heteroatoms. The van der Waals surface area contributed by atoms with Gasteiger partial charge in [-0.2, -0.15) is 22.0 Å². The zero-order chi connectivity index (χ0) is 18.0. The summed E-state index contributed by atoms with van der Waals surface area (Å²) < 4.78 is 67.1. The fraction of sp³-hybridized carbons (Fsp3) is 0.176. The van der Waals surface area contributed by atoms with Crippen LogP contribution in [0.25, 0.3) is 6.08 Å². The molecule has 1 N–H and O–H groups in total. The molecule has 1 atom stereocenters. The number of alkyl halides is 5. The van der Waals surface area contributed by atoms with Crippen molar-refractivity contribution >= 4 is 28.7 Å². The minimum Gasteiger partial charge on any atom is -0.375 e. The standard InChI is InChI=1S/C17H12F5IO/c18-16(19,17(20,21)22)15(24,13-8-4-5-9-14(13)23)11-10-12-6-2-1-3-7-12/h1-11,24H/b11-10+. The Hall–Kier alpha value is -1.48. The van der Waals surface area contributed by atoms with E-state index in [-0.39, 0.29) is 3.57 Å².